The van der Waals surface area contributed by atoms with Crippen LogP contribution in [0.25, 0.3) is 0 Å². The van der Waals surface area contributed by atoms with Crippen LogP contribution in [0, 0.1) is 0 Å². The van der Waals surface area contributed by atoms with Gasteiger partial charge in [0.05, 0.1) is 12.1 Å². The van der Waals surface area contributed by atoms with Crippen LogP contribution in [-0.2, 0) is 0 Å². The SMILES string of the molecule is CNC(c1cccc(OC(C)C)c1)c1ncn[nH]1. The molecular formula is C13H18N4O. The van der Waals surface area contributed by atoms with Gasteiger partial charge < -0.3 is 10.1 Å². The van der Waals surface area contributed by atoms with Crippen LogP contribution in [0.2, 0.25) is 0 Å². The van der Waals surface area contributed by atoms with Crippen LogP contribution in [0.3, 0.4) is 0 Å². The summed E-state index contributed by atoms with van der Waals surface area (Å²) >= 11 is 0. The molecule has 0 radical (unpaired) electrons. The van der Waals surface area contributed by atoms with Gasteiger partial charge in [-0.05, 0) is 38.6 Å². The van der Waals surface area contributed by atoms with Gasteiger partial charge in [-0.3, -0.25) is 5.10 Å². The highest BCUT2D eigenvalue weighted by atomic mass is 16.5. The summed E-state index contributed by atoms with van der Waals surface area (Å²) < 4.78 is 5.69. The zero-order chi connectivity index (χ0) is 13.0. The van der Waals surface area contributed by atoms with Gasteiger partial charge in [-0.2, -0.15) is 5.10 Å². The van der Waals surface area contributed by atoms with Crippen molar-refractivity contribution < 1.29 is 4.74 Å². The minimum Gasteiger partial charge on any atom is -0.491 e. The molecule has 0 aliphatic heterocycles. The van der Waals surface area contributed by atoms with Crippen LogP contribution in [0.1, 0.15) is 31.3 Å². The van der Waals surface area contributed by atoms with Crippen molar-refractivity contribution in [2.45, 2.75) is 26.0 Å². The lowest BCUT2D eigenvalue weighted by Gasteiger charge is -2.16. The van der Waals surface area contributed by atoms with Crippen molar-refractivity contribution in [1.29, 1.82) is 0 Å². The van der Waals surface area contributed by atoms with Crippen molar-refractivity contribution in [3.05, 3.63) is 42.0 Å². The third kappa shape index (κ3) is 2.87. The third-order valence-electron chi connectivity index (χ3n) is 2.56. The van der Waals surface area contributed by atoms with E-state index in [4.69, 9.17) is 4.74 Å². The summed E-state index contributed by atoms with van der Waals surface area (Å²) in [6, 6.07) is 7.98. The molecule has 18 heavy (non-hydrogen) atoms. The van der Waals surface area contributed by atoms with Crippen molar-refractivity contribution in [3.8, 4) is 5.75 Å². The summed E-state index contributed by atoms with van der Waals surface area (Å²) in [7, 11) is 1.89. The Bertz CT molecular complexity index is 481. The standard InChI is InChI=1S/C13H18N4O/c1-9(2)18-11-6-4-5-10(7-11)12(14-3)13-15-8-16-17-13/h4-9,12,14H,1-3H3,(H,15,16,17). The van der Waals surface area contributed by atoms with Crippen molar-refractivity contribution in [2.75, 3.05) is 7.05 Å². The van der Waals surface area contributed by atoms with E-state index in [2.05, 4.69) is 20.5 Å². The Morgan fingerprint density at radius 3 is 2.78 bits per heavy atom. The smallest absolute Gasteiger partial charge is 0.145 e. The number of nitrogens with one attached hydrogen (secondary N) is 2. The maximum absolute atomic E-state index is 5.69. The van der Waals surface area contributed by atoms with E-state index in [0.717, 1.165) is 17.1 Å². The molecule has 0 spiro atoms. The average molecular weight is 246 g/mol. The van der Waals surface area contributed by atoms with Gasteiger partial charge in [-0.25, -0.2) is 4.98 Å². The van der Waals surface area contributed by atoms with Gasteiger partial charge in [0.2, 0.25) is 0 Å². The number of aromatic nitrogens is 3. The van der Waals surface area contributed by atoms with E-state index in [0.29, 0.717) is 0 Å². The first-order valence-electron chi connectivity index (χ1n) is 6.00. The molecule has 2 N–H and O–H groups in total. The third-order valence-corrected chi connectivity index (χ3v) is 2.56. The summed E-state index contributed by atoms with van der Waals surface area (Å²) in [6.45, 7) is 4.03. The molecule has 0 fully saturated rings. The minimum atomic E-state index is -0.0109. The lowest BCUT2D eigenvalue weighted by Crippen LogP contribution is -2.19. The van der Waals surface area contributed by atoms with Gasteiger partial charge in [0.25, 0.3) is 0 Å². The second kappa shape index (κ2) is 5.64. The second-order valence-corrected chi connectivity index (χ2v) is 4.33. The lowest BCUT2D eigenvalue weighted by molar-refractivity contribution is 0.242. The van der Waals surface area contributed by atoms with Gasteiger partial charge in [-0.15, -0.1) is 0 Å². The van der Waals surface area contributed by atoms with E-state index in [1.54, 1.807) is 0 Å². The Labute approximate surface area is 107 Å². The van der Waals surface area contributed by atoms with Gasteiger partial charge in [0, 0.05) is 0 Å². The number of rotatable bonds is 5. The lowest BCUT2D eigenvalue weighted by atomic mass is 10.1. The molecule has 0 aliphatic rings. The van der Waals surface area contributed by atoms with E-state index < -0.39 is 0 Å². The molecule has 2 aromatic rings. The highest BCUT2D eigenvalue weighted by Gasteiger charge is 2.15. The number of H-pyrrole nitrogens is 1. The van der Waals surface area contributed by atoms with Crippen LogP contribution in [0.15, 0.2) is 30.6 Å². The van der Waals surface area contributed by atoms with Crippen molar-refractivity contribution in [2.24, 2.45) is 0 Å². The molecule has 0 amide bonds. The van der Waals surface area contributed by atoms with E-state index in [1.165, 1.54) is 6.33 Å². The highest BCUT2D eigenvalue weighted by molar-refractivity contribution is 5.33. The van der Waals surface area contributed by atoms with Gasteiger partial charge >= 0.3 is 0 Å². The van der Waals surface area contributed by atoms with Crippen molar-refractivity contribution in [3.63, 3.8) is 0 Å². The molecule has 1 unspecified atom stereocenters. The fourth-order valence-electron chi connectivity index (χ4n) is 1.85. The van der Waals surface area contributed by atoms with E-state index in [1.807, 2.05) is 45.2 Å². The summed E-state index contributed by atoms with van der Waals surface area (Å²) in [4.78, 5) is 4.18. The number of hydrogen-bond donors (Lipinski definition) is 2. The monoisotopic (exact) mass is 246 g/mol. The molecule has 1 atom stereocenters. The number of nitrogens with zero attached hydrogens (tertiary/aromatic N) is 2. The first kappa shape index (κ1) is 12.6. The Morgan fingerprint density at radius 1 is 1.33 bits per heavy atom. The zero-order valence-electron chi connectivity index (χ0n) is 10.8. The molecule has 2 rings (SSSR count). The first-order valence-corrected chi connectivity index (χ1v) is 6.00. The molecule has 96 valence electrons. The minimum absolute atomic E-state index is 0.0109. The van der Waals surface area contributed by atoms with Crippen molar-refractivity contribution >= 4 is 0 Å². The Hall–Kier alpha value is -1.88. The number of hydrogen-bond acceptors (Lipinski definition) is 4. The van der Waals surface area contributed by atoms with Gasteiger partial charge in [-0.1, -0.05) is 12.1 Å². The fraction of sp³-hybridized carbons (Fsp3) is 0.385. The van der Waals surface area contributed by atoms with E-state index >= 15 is 0 Å². The van der Waals surface area contributed by atoms with E-state index in [-0.39, 0.29) is 12.1 Å². The normalized spacial score (nSPS) is 12.7. The molecule has 1 aromatic carbocycles. The highest BCUT2D eigenvalue weighted by Crippen LogP contribution is 2.23. The molecule has 5 heteroatoms. The fourth-order valence-corrected chi connectivity index (χ4v) is 1.85. The summed E-state index contributed by atoms with van der Waals surface area (Å²) in [6.07, 6.45) is 1.67. The van der Waals surface area contributed by atoms with Gasteiger partial charge in [0.15, 0.2) is 0 Å². The number of benzene rings is 1. The first-order chi connectivity index (χ1) is 8.70. The second-order valence-electron chi connectivity index (χ2n) is 4.33. The largest absolute Gasteiger partial charge is 0.491 e. The van der Waals surface area contributed by atoms with Gasteiger partial charge in [0.1, 0.15) is 17.9 Å². The average Bonchev–Trinajstić information content (AvgIpc) is 2.83. The number of aromatic amines is 1. The van der Waals surface area contributed by atoms with Crippen LogP contribution < -0.4 is 10.1 Å². The molecule has 0 saturated heterocycles. The summed E-state index contributed by atoms with van der Waals surface area (Å²) in [5.41, 5.74) is 1.09. The summed E-state index contributed by atoms with van der Waals surface area (Å²) in [5, 5.41) is 9.97. The quantitative estimate of drug-likeness (QED) is 0.845. The van der Waals surface area contributed by atoms with Crippen LogP contribution >= 0.6 is 0 Å². The molecular weight excluding hydrogens is 228 g/mol. The predicted molar refractivity (Wildman–Crippen MR) is 69.5 cm³/mol. The topological polar surface area (TPSA) is 62.8 Å². The van der Waals surface area contributed by atoms with Crippen LogP contribution in [-0.4, -0.2) is 28.3 Å². The summed E-state index contributed by atoms with van der Waals surface area (Å²) in [5.74, 6) is 1.65. The maximum Gasteiger partial charge on any atom is 0.145 e. The van der Waals surface area contributed by atoms with Crippen LogP contribution in [0.5, 0.6) is 5.75 Å². The Balaban J connectivity index is 2.26. The van der Waals surface area contributed by atoms with E-state index in [9.17, 15) is 0 Å². The Morgan fingerprint density at radius 2 is 2.17 bits per heavy atom. The predicted octanol–water partition coefficient (Wildman–Crippen LogP) is 1.90. The molecule has 0 saturated carbocycles. The molecule has 1 heterocycles. The zero-order valence-corrected chi connectivity index (χ0v) is 10.8. The van der Waals surface area contributed by atoms with Crippen molar-refractivity contribution in [1.82, 2.24) is 20.5 Å². The number of ether oxygens (including phenoxy) is 1. The molecule has 0 bridgehead atoms. The maximum atomic E-state index is 5.69. The Kier molecular flexibility index (Phi) is 3.94. The van der Waals surface area contributed by atoms with Crippen LogP contribution in [0.4, 0.5) is 0 Å². The molecule has 5 nitrogen and oxygen atoms in total. The molecule has 0 aliphatic carbocycles. The molecule has 1 aromatic heterocycles.